The van der Waals surface area contributed by atoms with Gasteiger partial charge in [-0.1, -0.05) is 11.2 Å². The molecule has 3 aromatic heterocycles. The van der Waals surface area contributed by atoms with Crippen molar-refractivity contribution >= 4 is 11.6 Å². The van der Waals surface area contributed by atoms with E-state index in [1.165, 1.54) is 7.11 Å². The Kier molecular flexibility index (Phi) is 5.62. The molecule has 0 aliphatic rings. The summed E-state index contributed by atoms with van der Waals surface area (Å²) in [5.41, 5.74) is 4.59. The van der Waals surface area contributed by atoms with Crippen LogP contribution in [0.1, 0.15) is 38.6 Å². The zero-order valence-electron chi connectivity index (χ0n) is 17.8. The smallest absolute Gasteiger partial charge is 0.338 e. The third-order valence-electron chi connectivity index (χ3n) is 5.03. The molecule has 0 aliphatic heterocycles. The number of benzene rings is 1. The molecule has 0 radical (unpaired) electrons. The van der Waals surface area contributed by atoms with Crippen molar-refractivity contribution in [1.82, 2.24) is 14.5 Å². The number of methoxy groups -OCH3 is 1. The average Bonchev–Trinajstić information content (AvgIpc) is 3.34. The minimum atomic E-state index is -0.468. The van der Waals surface area contributed by atoms with Gasteiger partial charge < -0.3 is 23.1 Å². The van der Waals surface area contributed by atoms with Crippen molar-refractivity contribution in [1.29, 1.82) is 0 Å². The molecule has 0 unspecified atom stereocenters. The summed E-state index contributed by atoms with van der Waals surface area (Å²) in [7, 11) is 1.52. The number of pyridine rings is 1. The fourth-order valence-corrected chi connectivity index (χ4v) is 3.27. The van der Waals surface area contributed by atoms with E-state index in [0.29, 0.717) is 28.5 Å². The third kappa shape index (κ3) is 4.23. The van der Waals surface area contributed by atoms with Crippen molar-refractivity contribution in [3.8, 4) is 11.5 Å². The third-order valence-corrected chi connectivity index (χ3v) is 5.03. The number of esters is 1. The molecule has 0 N–H and O–H groups in total. The van der Waals surface area contributed by atoms with E-state index in [9.17, 15) is 4.79 Å². The van der Waals surface area contributed by atoms with Crippen LogP contribution in [0.2, 0.25) is 0 Å². The van der Waals surface area contributed by atoms with E-state index in [1.54, 1.807) is 18.2 Å². The van der Waals surface area contributed by atoms with Crippen LogP contribution in [0.25, 0.3) is 5.65 Å². The SMILES string of the molecule is COc1cc(C(=O)OCc2cn3cccc(C)c3n2)ccc1OCc1c(C)noc1C. The molecule has 0 spiro atoms. The largest absolute Gasteiger partial charge is 0.493 e. The minimum Gasteiger partial charge on any atom is -0.493 e. The molecule has 0 aliphatic carbocycles. The molecule has 0 fully saturated rings. The topological polar surface area (TPSA) is 88.1 Å². The van der Waals surface area contributed by atoms with Gasteiger partial charge in [0.05, 0.1) is 29.6 Å². The Morgan fingerprint density at radius 2 is 1.97 bits per heavy atom. The number of hydrogen-bond donors (Lipinski definition) is 0. The van der Waals surface area contributed by atoms with Crippen molar-refractivity contribution in [2.24, 2.45) is 0 Å². The first-order chi connectivity index (χ1) is 15.0. The quantitative estimate of drug-likeness (QED) is 0.413. The summed E-state index contributed by atoms with van der Waals surface area (Å²) in [6.45, 7) is 6.04. The highest BCUT2D eigenvalue weighted by molar-refractivity contribution is 5.90. The first-order valence-corrected chi connectivity index (χ1v) is 9.79. The molecule has 8 heteroatoms. The average molecular weight is 421 g/mol. The number of hydrogen-bond acceptors (Lipinski definition) is 7. The lowest BCUT2D eigenvalue weighted by Gasteiger charge is -2.12. The van der Waals surface area contributed by atoms with Gasteiger partial charge in [-0.2, -0.15) is 0 Å². The van der Waals surface area contributed by atoms with Crippen LogP contribution in [-0.4, -0.2) is 27.6 Å². The number of carbonyl (C=O) groups excluding carboxylic acids is 1. The highest BCUT2D eigenvalue weighted by atomic mass is 16.5. The molecule has 3 heterocycles. The zero-order valence-corrected chi connectivity index (χ0v) is 17.8. The van der Waals surface area contributed by atoms with Crippen LogP contribution in [0.4, 0.5) is 0 Å². The highest BCUT2D eigenvalue weighted by Crippen LogP contribution is 2.30. The molecule has 0 amide bonds. The number of aromatic nitrogens is 3. The standard InChI is InChI=1S/C23H23N3O5/c1-14-6-5-9-26-11-18(24-22(14)26)12-30-23(27)17-7-8-20(21(10-17)28-4)29-13-19-15(2)25-31-16(19)3/h5-11H,12-13H2,1-4H3. The molecular weight excluding hydrogens is 398 g/mol. The van der Waals surface area contributed by atoms with Crippen molar-refractivity contribution in [2.75, 3.05) is 7.11 Å². The summed E-state index contributed by atoms with van der Waals surface area (Å²) >= 11 is 0. The van der Waals surface area contributed by atoms with E-state index >= 15 is 0 Å². The second-order valence-corrected chi connectivity index (χ2v) is 7.19. The number of rotatable bonds is 7. The summed E-state index contributed by atoms with van der Waals surface area (Å²) in [5.74, 6) is 1.18. The Morgan fingerprint density at radius 1 is 1.13 bits per heavy atom. The van der Waals surface area contributed by atoms with Gasteiger partial charge in [0.2, 0.25) is 0 Å². The van der Waals surface area contributed by atoms with Gasteiger partial charge in [0.15, 0.2) is 11.5 Å². The van der Waals surface area contributed by atoms with Crippen LogP contribution in [0.15, 0.2) is 47.2 Å². The van der Waals surface area contributed by atoms with Gasteiger partial charge in [-0.25, -0.2) is 9.78 Å². The summed E-state index contributed by atoms with van der Waals surface area (Å²) < 4.78 is 23.7. The number of imidazole rings is 1. The van der Waals surface area contributed by atoms with Gasteiger partial charge in [-0.15, -0.1) is 0 Å². The van der Waals surface area contributed by atoms with Crippen molar-refractivity contribution in [2.45, 2.75) is 34.0 Å². The van der Waals surface area contributed by atoms with Gasteiger partial charge in [0, 0.05) is 12.4 Å². The first-order valence-electron chi connectivity index (χ1n) is 9.79. The molecule has 4 rings (SSSR count). The van der Waals surface area contributed by atoms with Crippen LogP contribution in [0.3, 0.4) is 0 Å². The summed E-state index contributed by atoms with van der Waals surface area (Å²) in [6.07, 6.45) is 3.76. The van der Waals surface area contributed by atoms with Crippen LogP contribution in [0.5, 0.6) is 11.5 Å². The molecule has 4 aromatic rings. The molecular formula is C23H23N3O5. The molecule has 0 atom stereocenters. The number of aryl methyl sites for hydroxylation is 3. The Labute approximate surface area is 179 Å². The first kappa shape index (κ1) is 20.5. The van der Waals surface area contributed by atoms with Gasteiger partial charge in [0.25, 0.3) is 0 Å². The second kappa shape index (κ2) is 8.51. The van der Waals surface area contributed by atoms with E-state index in [1.807, 2.05) is 49.7 Å². The Hall–Kier alpha value is -3.81. The summed E-state index contributed by atoms with van der Waals surface area (Å²) in [4.78, 5) is 17.1. The van der Waals surface area contributed by atoms with E-state index in [0.717, 1.165) is 22.5 Å². The molecule has 0 saturated heterocycles. The highest BCUT2D eigenvalue weighted by Gasteiger charge is 2.15. The predicted octanol–water partition coefficient (Wildman–Crippen LogP) is 4.19. The van der Waals surface area contributed by atoms with Gasteiger partial charge >= 0.3 is 5.97 Å². The maximum absolute atomic E-state index is 12.5. The monoisotopic (exact) mass is 421 g/mol. The van der Waals surface area contributed by atoms with Crippen LogP contribution in [0, 0.1) is 20.8 Å². The second-order valence-electron chi connectivity index (χ2n) is 7.19. The predicted molar refractivity (Wildman–Crippen MR) is 112 cm³/mol. The number of fused-ring (bicyclic) bond motifs is 1. The molecule has 31 heavy (non-hydrogen) atoms. The van der Waals surface area contributed by atoms with E-state index in [2.05, 4.69) is 10.1 Å². The fraction of sp³-hybridized carbons (Fsp3) is 0.261. The van der Waals surface area contributed by atoms with Gasteiger partial charge in [0.1, 0.15) is 24.6 Å². The maximum atomic E-state index is 12.5. The molecule has 160 valence electrons. The molecule has 0 saturated carbocycles. The van der Waals surface area contributed by atoms with Gasteiger partial charge in [-0.3, -0.25) is 0 Å². The zero-order chi connectivity index (χ0) is 22.0. The van der Waals surface area contributed by atoms with Crippen LogP contribution in [-0.2, 0) is 18.0 Å². The number of ether oxygens (including phenoxy) is 3. The molecule has 0 bridgehead atoms. The molecule has 8 nitrogen and oxygen atoms in total. The lowest BCUT2D eigenvalue weighted by atomic mass is 10.2. The maximum Gasteiger partial charge on any atom is 0.338 e. The Bertz CT molecular complexity index is 1220. The van der Waals surface area contributed by atoms with E-state index in [-0.39, 0.29) is 13.2 Å². The van der Waals surface area contributed by atoms with Crippen molar-refractivity contribution in [3.63, 3.8) is 0 Å². The lowest BCUT2D eigenvalue weighted by Crippen LogP contribution is -2.06. The van der Waals surface area contributed by atoms with Crippen LogP contribution >= 0.6 is 0 Å². The van der Waals surface area contributed by atoms with Crippen LogP contribution < -0.4 is 9.47 Å². The van der Waals surface area contributed by atoms with Crippen molar-refractivity contribution < 1.29 is 23.5 Å². The Balaban J connectivity index is 1.43. The van der Waals surface area contributed by atoms with E-state index < -0.39 is 5.97 Å². The normalized spacial score (nSPS) is 11.0. The lowest BCUT2D eigenvalue weighted by molar-refractivity contribution is 0.0468. The fourth-order valence-electron chi connectivity index (χ4n) is 3.27. The Morgan fingerprint density at radius 3 is 2.68 bits per heavy atom. The van der Waals surface area contributed by atoms with Gasteiger partial charge in [-0.05, 0) is 50.6 Å². The van der Waals surface area contributed by atoms with E-state index in [4.69, 9.17) is 18.7 Å². The molecule has 1 aromatic carbocycles. The summed E-state index contributed by atoms with van der Waals surface area (Å²) in [5, 5.41) is 3.92. The number of nitrogens with zero attached hydrogens (tertiary/aromatic N) is 3. The van der Waals surface area contributed by atoms with Crippen molar-refractivity contribution in [3.05, 3.63) is 76.6 Å². The number of carbonyl (C=O) groups is 1. The summed E-state index contributed by atoms with van der Waals surface area (Å²) in [6, 6.07) is 8.85. The minimum absolute atomic E-state index is 0.0760.